The Hall–Kier alpha value is -2.45. The van der Waals surface area contributed by atoms with Gasteiger partial charge in [0, 0.05) is 38.6 Å². The lowest BCUT2D eigenvalue weighted by atomic mass is 10.1. The van der Waals surface area contributed by atoms with E-state index >= 15 is 0 Å². The molecule has 0 radical (unpaired) electrons. The summed E-state index contributed by atoms with van der Waals surface area (Å²) in [4.78, 5) is 17.9. The number of nitrogens with zero attached hydrogens (tertiary/aromatic N) is 3. The van der Waals surface area contributed by atoms with Gasteiger partial charge in [-0.05, 0) is 30.2 Å². The van der Waals surface area contributed by atoms with Crippen LogP contribution in [0.5, 0.6) is 0 Å². The molecule has 2 aromatic rings. The van der Waals surface area contributed by atoms with Crippen LogP contribution in [0.1, 0.15) is 16.7 Å². The highest BCUT2D eigenvalue weighted by atomic mass is 32.2. The van der Waals surface area contributed by atoms with Gasteiger partial charge in [0.15, 0.2) is 0 Å². The van der Waals surface area contributed by atoms with E-state index in [1.807, 2.05) is 31.2 Å². The van der Waals surface area contributed by atoms with E-state index in [1.165, 1.54) is 16.1 Å². The average molecular weight is 388 g/mol. The number of rotatable bonds is 6. The van der Waals surface area contributed by atoms with Crippen LogP contribution in [-0.2, 0) is 23.1 Å². The van der Waals surface area contributed by atoms with Gasteiger partial charge in [0.2, 0.25) is 10.0 Å². The Balaban J connectivity index is 1.54. The van der Waals surface area contributed by atoms with Crippen molar-refractivity contribution in [3.8, 4) is 0 Å². The van der Waals surface area contributed by atoms with Gasteiger partial charge in [-0.15, -0.1) is 0 Å². The number of likely N-dealkylation sites (tertiary alicyclic amines) is 1. The zero-order valence-corrected chi connectivity index (χ0v) is 16.3. The van der Waals surface area contributed by atoms with Crippen molar-refractivity contribution in [2.45, 2.75) is 26.1 Å². The van der Waals surface area contributed by atoms with Gasteiger partial charge in [-0.3, -0.25) is 4.98 Å². The van der Waals surface area contributed by atoms with Crippen LogP contribution in [0.3, 0.4) is 0 Å². The van der Waals surface area contributed by atoms with Crippen LogP contribution in [0, 0.1) is 6.92 Å². The molecule has 0 atom stereocenters. The lowest BCUT2D eigenvalue weighted by Crippen LogP contribution is -2.63. The molecule has 1 saturated heterocycles. The lowest BCUT2D eigenvalue weighted by Gasteiger charge is -2.44. The molecular weight excluding hydrogens is 364 g/mol. The zero-order valence-electron chi connectivity index (χ0n) is 15.5. The Bertz CT molecular complexity index is 879. The molecule has 8 heteroatoms. The maximum Gasteiger partial charge on any atom is 0.317 e. The Kier molecular flexibility index (Phi) is 5.76. The first-order valence-corrected chi connectivity index (χ1v) is 10.6. The standard InChI is InChI=1S/C19H24N4O3S/c1-15-3-5-16(6-4-15)11-21-19(24)22-13-18(14-22)23(27(2,25)26)12-17-7-9-20-10-8-17/h3-10,18H,11-14H2,1-2H3,(H,21,24). The van der Waals surface area contributed by atoms with Gasteiger partial charge >= 0.3 is 6.03 Å². The number of hydrogen-bond donors (Lipinski definition) is 1. The molecule has 0 aliphatic carbocycles. The van der Waals surface area contributed by atoms with Crippen molar-refractivity contribution in [3.63, 3.8) is 0 Å². The first kappa shape index (κ1) is 19.3. The van der Waals surface area contributed by atoms with E-state index < -0.39 is 10.0 Å². The van der Waals surface area contributed by atoms with Gasteiger partial charge in [-0.1, -0.05) is 29.8 Å². The van der Waals surface area contributed by atoms with Crippen molar-refractivity contribution in [2.75, 3.05) is 19.3 Å². The molecule has 2 heterocycles. The Labute approximate surface area is 160 Å². The molecule has 3 rings (SSSR count). The highest BCUT2D eigenvalue weighted by Gasteiger charge is 2.38. The number of nitrogens with one attached hydrogen (secondary N) is 1. The van der Waals surface area contributed by atoms with Crippen molar-refractivity contribution in [1.29, 1.82) is 0 Å². The van der Waals surface area contributed by atoms with Crippen LogP contribution in [0.2, 0.25) is 0 Å². The molecule has 0 unspecified atom stereocenters. The van der Waals surface area contributed by atoms with Crippen molar-refractivity contribution in [3.05, 3.63) is 65.5 Å². The van der Waals surface area contributed by atoms with Crippen molar-refractivity contribution < 1.29 is 13.2 Å². The first-order chi connectivity index (χ1) is 12.8. The summed E-state index contributed by atoms with van der Waals surface area (Å²) in [6.07, 6.45) is 4.48. The fourth-order valence-corrected chi connectivity index (χ4v) is 4.04. The van der Waals surface area contributed by atoms with Crippen molar-refractivity contribution >= 4 is 16.1 Å². The molecule has 144 valence electrons. The minimum atomic E-state index is -3.38. The molecule has 1 aromatic carbocycles. The van der Waals surface area contributed by atoms with Crippen LogP contribution >= 0.6 is 0 Å². The average Bonchev–Trinajstić information content (AvgIpc) is 2.59. The van der Waals surface area contributed by atoms with E-state index in [0.29, 0.717) is 19.6 Å². The fourth-order valence-electron chi connectivity index (χ4n) is 2.98. The number of aromatic nitrogens is 1. The van der Waals surface area contributed by atoms with E-state index in [-0.39, 0.29) is 18.6 Å². The molecule has 1 N–H and O–H groups in total. The van der Waals surface area contributed by atoms with Gasteiger partial charge in [-0.2, -0.15) is 4.31 Å². The van der Waals surface area contributed by atoms with Gasteiger partial charge in [0.1, 0.15) is 0 Å². The molecule has 1 aliphatic rings. The summed E-state index contributed by atoms with van der Waals surface area (Å²) in [5.74, 6) is 0. The van der Waals surface area contributed by atoms with Crippen LogP contribution in [0.4, 0.5) is 4.79 Å². The quantitative estimate of drug-likeness (QED) is 0.817. The highest BCUT2D eigenvalue weighted by molar-refractivity contribution is 7.88. The number of hydrogen-bond acceptors (Lipinski definition) is 4. The summed E-state index contributed by atoms with van der Waals surface area (Å²) in [5.41, 5.74) is 3.07. The Morgan fingerprint density at radius 2 is 1.78 bits per heavy atom. The summed E-state index contributed by atoms with van der Waals surface area (Å²) < 4.78 is 25.8. The third kappa shape index (κ3) is 5.05. The van der Waals surface area contributed by atoms with Crippen LogP contribution in [-0.4, -0.2) is 54.0 Å². The van der Waals surface area contributed by atoms with Gasteiger partial charge < -0.3 is 10.2 Å². The summed E-state index contributed by atoms with van der Waals surface area (Å²) in [7, 11) is -3.38. The number of sulfonamides is 1. The highest BCUT2D eigenvalue weighted by Crippen LogP contribution is 2.20. The fraction of sp³-hybridized carbons (Fsp3) is 0.368. The number of benzene rings is 1. The number of urea groups is 1. The predicted octanol–water partition coefficient (Wildman–Crippen LogP) is 1.75. The van der Waals surface area contributed by atoms with E-state index in [4.69, 9.17) is 0 Å². The van der Waals surface area contributed by atoms with E-state index in [1.54, 1.807) is 29.4 Å². The Morgan fingerprint density at radius 3 is 2.37 bits per heavy atom. The van der Waals surface area contributed by atoms with E-state index in [2.05, 4.69) is 10.3 Å². The smallest absolute Gasteiger partial charge is 0.317 e. The molecule has 0 spiro atoms. The van der Waals surface area contributed by atoms with E-state index in [0.717, 1.165) is 11.1 Å². The molecular formula is C19H24N4O3S. The number of amides is 2. The monoisotopic (exact) mass is 388 g/mol. The third-order valence-corrected chi connectivity index (χ3v) is 5.91. The molecule has 1 aliphatic heterocycles. The lowest BCUT2D eigenvalue weighted by molar-refractivity contribution is 0.0982. The summed E-state index contributed by atoms with van der Waals surface area (Å²) >= 11 is 0. The normalized spacial score (nSPS) is 14.9. The second-order valence-electron chi connectivity index (χ2n) is 6.87. The van der Waals surface area contributed by atoms with Crippen LogP contribution < -0.4 is 5.32 Å². The van der Waals surface area contributed by atoms with Gasteiger partial charge in [-0.25, -0.2) is 13.2 Å². The molecule has 2 amide bonds. The molecule has 7 nitrogen and oxygen atoms in total. The van der Waals surface area contributed by atoms with Gasteiger partial charge in [0.25, 0.3) is 0 Å². The van der Waals surface area contributed by atoms with Crippen LogP contribution in [0.15, 0.2) is 48.8 Å². The predicted molar refractivity (Wildman–Crippen MR) is 103 cm³/mol. The first-order valence-electron chi connectivity index (χ1n) is 8.77. The summed E-state index contributed by atoms with van der Waals surface area (Å²) in [6, 6.07) is 11.2. The molecule has 0 saturated carbocycles. The van der Waals surface area contributed by atoms with Crippen molar-refractivity contribution in [1.82, 2.24) is 19.5 Å². The molecule has 1 fully saturated rings. The second-order valence-corrected chi connectivity index (χ2v) is 8.80. The van der Waals surface area contributed by atoms with Crippen LogP contribution in [0.25, 0.3) is 0 Å². The minimum absolute atomic E-state index is 0.177. The van der Waals surface area contributed by atoms with Crippen molar-refractivity contribution in [2.24, 2.45) is 0 Å². The molecule has 1 aromatic heterocycles. The minimum Gasteiger partial charge on any atom is -0.334 e. The number of carbonyl (C=O) groups is 1. The largest absolute Gasteiger partial charge is 0.334 e. The zero-order chi connectivity index (χ0) is 19.4. The number of pyridine rings is 1. The topological polar surface area (TPSA) is 82.6 Å². The second kappa shape index (κ2) is 8.06. The maximum atomic E-state index is 12.3. The number of carbonyl (C=O) groups excluding carboxylic acids is 1. The van der Waals surface area contributed by atoms with Gasteiger partial charge in [0.05, 0.1) is 12.3 Å². The number of aryl methyl sites for hydroxylation is 1. The Morgan fingerprint density at radius 1 is 1.15 bits per heavy atom. The molecule has 27 heavy (non-hydrogen) atoms. The SMILES string of the molecule is Cc1ccc(CNC(=O)N2CC(N(Cc3ccncc3)S(C)(=O)=O)C2)cc1. The maximum absolute atomic E-state index is 12.3. The summed E-state index contributed by atoms with van der Waals surface area (Å²) in [6.45, 7) is 3.52. The van der Waals surface area contributed by atoms with E-state index in [9.17, 15) is 13.2 Å². The third-order valence-electron chi connectivity index (χ3n) is 4.63. The molecule has 0 bridgehead atoms. The summed E-state index contributed by atoms with van der Waals surface area (Å²) in [5, 5.41) is 2.88.